The number of hydrogen-bond acceptors (Lipinski definition) is 3. The van der Waals surface area contributed by atoms with Crippen LogP contribution in [0.15, 0.2) is 17.1 Å². The van der Waals surface area contributed by atoms with Crippen LogP contribution in [0.3, 0.4) is 0 Å². The van der Waals surface area contributed by atoms with E-state index in [9.17, 15) is 4.79 Å². The standard InChI is InChI=1S/C14H18ClFN2O2/c1-9-6-18(11-7-20-8-11)3-2-14(9,16)12-4-10(15)5-17-13(12)19/h4-5,9,11H,2-3,6-8H2,1H3,(H,17,19). The van der Waals surface area contributed by atoms with E-state index in [-0.39, 0.29) is 17.0 Å². The SMILES string of the molecule is CC1CN(C2COC2)CCC1(F)c1cc(Cl)c[nH]c1=O. The van der Waals surface area contributed by atoms with Crippen molar-refractivity contribution in [3.63, 3.8) is 0 Å². The molecule has 0 radical (unpaired) electrons. The summed E-state index contributed by atoms with van der Waals surface area (Å²) in [6, 6.07) is 1.86. The first-order valence-electron chi connectivity index (χ1n) is 6.90. The third-order valence-corrected chi connectivity index (χ3v) is 4.72. The molecular formula is C14H18ClFN2O2. The molecule has 6 heteroatoms. The topological polar surface area (TPSA) is 45.3 Å². The molecule has 1 N–H and O–H groups in total. The van der Waals surface area contributed by atoms with Crippen LogP contribution < -0.4 is 5.56 Å². The average molecular weight is 301 g/mol. The Morgan fingerprint density at radius 3 is 2.90 bits per heavy atom. The molecule has 0 aliphatic carbocycles. The van der Waals surface area contributed by atoms with E-state index < -0.39 is 5.67 Å². The van der Waals surface area contributed by atoms with Gasteiger partial charge in [-0.3, -0.25) is 9.69 Å². The maximum Gasteiger partial charge on any atom is 0.254 e. The molecule has 20 heavy (non-hydrogen) atoms. The number of H-pyrrole nitrogens is 1. The molecule has 3 heterocycles. The molecule has 0 spiro atoms. The van der Waals surface area contributed by atoms with Crippen molar-refractivity contribution < 1.29 is 9.13 Å². The summed E-state index contributed by atoms with van der Waals surface area (Å²) < 4.78 is 20.5. The van der Waals surface area contributed by atoms with Crippen LogP contribution in [0.25, 0.3) is 0 Å². The zero-order chi connectivity index (χ0) is 14.3. The van der Waals surface area contributed by atoms with Gasteiger partial charge in [0.1, 0.15) is 5.67 Å². The number of hydrogen-bond donors (Lipinski definition) is 1. The lowest BCUT2D eigenvalue weighted by Gasteiger charge is -2.46. The van der Waals surface area contributed by atoms with E-state index in [0.717, 1.165) is 13.2 Å². The van der Waals surface area contributed by atoms with Crippen LogP contribution >= 0.6 is 11.6 Å². The number of nitrogens with zero attached hydrogens (tertiary/aromatic N) is 1. The van der Waals surface area contributed by atoms with Crippen molar-refractivity contribution in [3.8, 4) is 0 Å². The van der Waals surface area contributed by atoms with Crippen LogP contribution in [0.2, 0.25) is 5.02 Å². The highest BCUT2D eigenvalue weighted by Crippen LogP contribution is 2.41. The summed E-state index contributed by atoms with van der Waals surface area (Å²) in [4.78, 5) is 16.7. The minimum absolute atomic E-state index is 0.155. The Bertz CT molecular complexity index is 560. The summed E-state index contributed by atoms with van der Waals surface area (Å²) in [5, 5.41) is 0.360. The van der Waals surface area contributed by atoms with E-state index in [4.69, 9.17) is 16.3 Å². The zero-order valence-corrected chi connectivity index (χ0v) is 12.1. The molecule has 2 unspecified atom stereocenters. The van der Waals surface area contributed by atoms with Crippen molar-refractivity contribution in [2.75, 3.05) is 26.3 Å². The summed E-state index contributed by atoms with van der Waals surface area (Å²) in [5.41, 5.74) is -1.84. The van der Waals surface area contributed by atoms with Gasteiger partial charge in [0.2, 0.25) is 0 Å². The fourth-order valence-corrected chi connectivity index (χ4v) is 3.24. The number of ether oxygens (including phenoxy) is 1. The quantitative estimate of drug-likeness (QED) is 0.908. The Balaban J connectivity index is 1.85. The van der Waals surface area contributed by atoms with Crippen LogP contribution in [0.5, 0.6) is 0 Å². The normalized spacial score (nSPS) is 32.0. The Hall–Kier alpha value is -0.910. The fraction of sp³-hybridized carbons (Fsp3) is 0.643. The van der Waals surface area contributed by atoms with Gasteiger partial charge in [0.25, 0.3) is 5.56 Å². The lowest BCUT2D eigenvalue weighted by molar-refractivity contribution is -0.101. The van der Waals surface area contributed by atoms with Gasteiger partial charge in [-0.1, -0.05) is 18.5 Å². The number of halogens is 2. The highest BCUT2D eigenvalue weighted by Gasteiger charge is 2.46. The molecule has 0 saturated carbocycles. The van der Waals surface area contributed by atoms with Crippen molar-refractivity contribution in [2.24, 2.45) is 5.92 Å². The highest BCUT2D eigenvalue weighted by atomic mass is 35.5. The van der Waals surface area contributed by atoms with Gasteiger partial charge in [-0.25, -0.2) is 4.39 Å². The minimum atomic E-state index is -1.61. The van der Waals surface area contributed by atoms with Gasteiger partial charge in [-0.2, -0.15) is 0 Å². The molecule has 4 nitrogen and oxygen atoms in total. The maximum absolute atomic E-state index is 15.4. The van der Waals surface area contributed by atoms with Crippen molar-refractivity contribution in [2.45, 2.75) is 25.1 Å². The van der Waals surface area contributed by atoms with Crippen molar-refractivity contribution in [1.29, 1.82) is 0 Å². The van der Waals surface area contributed by atoms with E-state index in [1.807, 2.05) is 6.92 Å². The molecular weight excluding hydrogens is 283 g/mol. The third-order valence-electron chi connectivity index (χ3n) is 4.50. The van der Waals surface area contributed by atoms with E-state index in [1.165, 1.54) is 12.3 Å². The second-order valence-corrected chi connectivity index (χ2v) is 6.20. The average Bonchev–Trinajstić information content (AvgIpc) is 2.35. The minimum Gasteiger partial charge on any atom is -0.378 e. The molecule has 1 aromatic heterocycles. The van der Waals surface area contributed by atoms with E-state index in [0.29, 0.717) is 30.6 Å². The number of aromatic amines is 1. The molecule has 0 bridgehead atoms. The lowest BCUT2D eigenvalue weighted by Crippen LogP contribution is -2.57. The fourth-order valence-electron chi connectivity index (χ4n) is 3.07. The smallest absolute Gasteiger partial charge is 0.254 e. The Labute approximate surface area is 121 Å². The summed E-state index contributed by atoms with van der Waals surface area (Å²) in [6.45, 7) is 4.58. The summed E-state index contributed by atoms with van der Waals surface area (Å²) in [7, 11) is 0. The number of alkyl halides is 1. The second kappa shape index (κ2) is 5.13. The van der Waals surface area contributed by atoms with Crippen LogP contribution in [0.1, 0.15) is 18.9 Å². The lowest BCUT2D eigenvalue weighted by atomic mass is 9.78. The molecule has 2 aliphatic rings. The Morgan fingerprint density at radius 1 is 1.55 bits per heavy atom. The molecule has 2 saturated heterocycles. The monoisotopic (exact) mass is 300 g/mol. The second-order valence-electron chi connectivity index (χ2n) is 5.76. The summed E-state index contributed by atoms with van der Waals surface area (Å²) in [5.74, 6) is -0.253. The predicted molar refractivity (Wildman–Crippen MR) is 74.8 cm³/mol. The number of piperidine rings is 1. The zero-order valence-electron chi connectivity index (χ0n) is 11.4. The van der Waals surface area contributed by atoms with Crippen molar-refractivity contribution in [3.05, 3.63) is 33.2 Å². The van der Waals surface area contributed by atoms with Crippen LogP contribution in [0, 0.1) is 5.92 Å². The van der Waals surface area contributed by atoms with Gasteiger partial charge >= 0.3 is 0 Å². The van der Waals surface area contributed by atoms with Gasteiger partial charge < -0.3 is 9.72 Å². The molecule has 3 rings (SSSR count). The number of pyridine rings is 1. The first kappa shape index (κ1) is 14.0. The molecule has 2 atom stereocenters. The van der Waals surface area contributed by atoms with Gasteiger partial charge in [0.05, 0.1) is 29.8 Å². The number of aromatic nitrogens is 1. The van der Waals surface area contributed by atoms with Crippen molar-refractivity contribution in [1.82, 2.24) is 9.88 Å². The Morgan fingerprint density at radius 2 is 2.30 bits per heavy atom. The van der Waals surface area contributed by atoms with Gasteiger partial charge in [0, 0.05) is 25.2 Å². The molecule has 1 aromatic rings. The molecule has 2 fully saturated rings. The molecule has 2 aliphatic heterocycles. The first-order valence-corrected chi connectivity index (χ1v) is 7.28. The number of likely N-dealkylation sites (tertiary alicyclic amines) is 1. The van der Waals surface area contributed by atoms with Crippen LogP contribution in [0.4, 0.5) is 4.39 Å². The third kappa shape index (κ3) is 2.28. The predicted octanol–water partition coefficient (Wildman–Crippen LogP) is 1.93. The van der Waals surface area contributed by atoms with E-state index >= 15 is 4.39 Å². The molecule has 110 valence electrons. The summed E-state index contributed by atoms with van der Waals surface area (Å²) >= 11 is 5.89. The number of nitrogens with one attached hydrogen (secondary N) is 1. The Kier molecular flexibility index (Phi) is 3.60. The van der Waals surface area contributed by atoms with Gasteiger partial charge in [-0.05, 0) is 12.5 Å². The van der Waals surface area contributed by atoms with E-state index in [1.54, 1.807) is 0 Å². The maximum atomic E-state index is 15.4. The van der Waals surface area contributed by atoms with Gasteiger partial charge in [-0.15, -0.1) is 0 Å². The molecule has 0 amide bonds. The van der Waals surface area contributed by atoms with E-state index in [2.05, 4.69) is 9.88 Å². The number of rotatable bonds is 2. The first-order chi connectivity index (χ1) is 9.50. The van der Waals surface area contributed by atoms with Crippen LogP contribution in [-0.4, -0.2) is 42.2 Å². The summed E-state index contributed by atoms with van der Waals surface area (Å²) in [6.07, 6.45) is 1.70. The highest BCUT2D eigenvalue weighted by molar-refractivity contribution is 6.30. The molecule has 0 aromatic carbocycles. The van der Waals surface area contributed by atoms with Crippen LogP contribution in [-0.2, 0) is 10.4 Å². The van der Waals surface area contributed by atoms with Crippen molar-refractivity contribution >= 4 is 11.6 Å². The van der Waals surface area contributed by atoms with Gasteiger partial charge in [0.15, 0.2) is 0 Å². The largest absolute Gasteiger partial charge is 0.378 e.